The number of pyridine rings is 1. The number of benzene rings is 1. The molecule has 0 saturated heterocycles. The molecule has 0 radical (unpaired) electrons. The van der Waals surface area contributed by atoms with E-state index in [1.807, 2.05) is 36.4 Å². The fourth-order valence-corrected chi connectivity index (χ4v) is 2.06. The number of halogens is 1. The van der Waals surface area contributed by atoms with Crippen LogP contribution in [-0.2, 0) is 11.3 Å². The second-order valence-corrected chi connectivity index (χ2v) is 5.25. The zero-order valence-electron chi connectivity index (χ0n) is 11.6. The van der Waals surface area contributed by atoms with Crippen LogP contribution in [0.25, 0.3) is 0 Å². The van der Waals surface area contributed by atoms with E-state index in [0.717, 1.165) is 15.7 Å². The summed E-state index contributed by atoms with van der Waals surface area (Å²) in [6, 6.07) is 11.2. The number of amides is 1. The first-order valence-corrected chi connectivity index (χ1v) is 7.22. The van der Waals surface area contributed by atoms with E-state index in [2.05, 4.69) is 31.5 Å². The Labute approximate surface area is 131 Å². The van der Waals surface area contributed by atoms with Crippen molar-refractivity contribution in [3.63, 3.8) is 0 Å². The minimum Gasteiger partial charge on any atom is -0.481 e. The summed E-state index contributed by atoms with van der Waals surface area (Å²) < 4.78 is 6.13. The zero-order valence-corrected chi connectivity index (χ0v) is 13.2. The molecule has 0 bridgehead atoms. The first-order chi connectivity index (χ1) is 10.2. The summed E-state index contributed by atoms with van der Waals surface area (Å²) in [5.74, 6) is 0.471. The maximum absolute atomic E-state index is 11.8. The van der Waals surface area contributed by atoms with Gasteiger partial charge in [0.05, 0.1) is 13.7 Å². The third kappa shape index (κ3) is 4.84. The first-order valence-electron chi connectivity index (χ1n) is 6.43. The summed E-state index contributed by atoms with van der Waals surface area (Å²) in [7, 11) is 1.58. The predicted octanol–water partition coefficient (Wildman–Crippen LogP) is 2.58. The number of anilines is 1. The molecule has 2 N–H and O–H groups in total. The van der Waals surface area contributed by atoms with Crippen molar-refractivity contribution in [2.24, 2.45) is 0 Å². The summed E-state index contributed by atoms with van der Waals surface area (Å²) in [4.78, 5) is 15.9. The molecule has 0 aliphatic carbocycles. The molecule has 2 rings (SSSR count). The maximum Gasteiger partial charge on any atom is 0.238 e. The average molecular weight is 350 g/mol. The number of hydrogen-bond donors (Lipinski definition) is 2. The van der Waals surface area contributed by atoms with E-state index in [4.69, 9.17) is 4.74 Å². The molecule has 1 aromatic heterocycles. The minimum absolute atomic E-state index is 0.0971. The molecule has 0 atom stereocenters. The summed E-state index contributed by atoms with van der Waals surface area (Å²) in [6.07, 6.45) is 1.67. The van der Waals surface area contributed by atoms with Gasteiger partial charge in [0.25, 0.3) is 0 Å². The van der Waals surface area contributed by atoms with E-state index in [9.17, 15) is 4.79 Å². The molecule has 110 valence electrons. The van der Waals surface area contributed by atoms with Gasteiger partial charge in [-0.2, -0.15) is 0 Å². The van der Waals surface area contributed by atoms with Crippen molar-refractivity contribution >= 4 is 27.5 Å². The summed E-state index contributed by atoms with van der Waals surface area (Å²) >= 11 is 3.35. The normalized spacial score (nSPS) is 10.2. The molecule has 0 fully saturated rings. The molecule has 0 aliphatic heterocycles. The van der Waals surface area contributed by atoms with Crippen molar-refractivity contribution in [2.45, 2.75) is 6.54 Å². The molecule has 0 spiro atoms. The van der Waals surface area contributed by atoms with Crippen LogP contribution in [0.4, 0.5) is 5.69 Å². The monoisotopic (exact) mass is 349 g/mol. The van der Waals surface area contributed by atoms with E-state index in [1.165, 1.54) is 0 Å². The van der Waals surface area contributed by atoms with Gasteiger partial charge in [0.1, 0.15) is 0 Å². The van der Waals surface area contributed by atoms with Crippen LogP contribution in [0.2, 0.25) is 0 Å². The van der Waals surface area contributed by atoms with Crippen molar-refractivity contribution in [1.82, 2.24) is 10.3 Å². The number of methoxy groups -OCH3 is 1. The molecule has 1 heterocycles. The predicted molar refractivity (Wildman–Crippen MR) is 85.3 cm³/mol. The Morgan fingerprint density at radius 3 is 2.76 bits per heavy atom. The Kier molecular flexibility index (Phi) is 5.71. The molecule has 6 heteroatoms. The molecule has 5 nitrogen and oxygen atoms in total. The molecule has 21 heavy (non-hydrogen) atoms. The van der Waals surface area contributed by atoms with Crippen LogP contribution in [0.1, 0.15) is 5.56 Å². The first kappa shape index (κ1) is 15.5. The second kappa shape index (κ2) is 7.75. The van der Waals surface area contributed by atoms with Gasteiger partial charge in [-0.3, -0.25) is 4.79 Å². The maximum atomic E-state index is 11.8. The highest BCUT2D eigenvalue weighted by Crippen LogP contribution is 2.14. The van der Waals surface area contributed by atoms with Crippen LogP contribution in [-0.4, -0.2) is 24.5 Å². The number of nitrogens with one attached hydrogen (secondary N) is 2. The molecule has 1 aromatic carbocycles. The highest BCUT2D eigenvalue weighted by molar-refractivity contribution is 9.10. The lowest BCUT2D eigenvalue weighted by Crippen LogP contribution is -2.27. The van der Waals surface area contributed by atoms with Crippen LogP contribution in [0.3, 0.4) is 0 Å². The van der Waals surface area contributed by atoms with Crippen LogP contribution in [0.5, 0.6) is 5.88 Å². The van der Waals surface area contributed by atoms with Gasteiger partial charge in [0, 0.05) is 28.5 Å². The van der Waals surface area contributed by atoms with Crippen LogP contribution in [0, 0.1) is 0 Å². The van der Waals surface area contributed by atoms with Gasteiger partial charge in [-0.25, -0.2) is 4.98 Å². The highest BCUT2D eigenvalue weighted by atomic mass is 79.9. The smallest absolute Gasteiger partial charge is 0.238 e. The molecule has 1 amide bonds. The van der Waals surface area contributed by atoms with Gasteiger partial charge in [-0.15, -0.1) is 0 Å². The highest BCUT2D eigenvalue weighted by Gasteiger charge is 2.05. The quantitative estimate of drug-likeness (QED) is 0.841. The lowest BCUT2D eigenvalue weighted by Gasteiger charge is -2.09. The number of carbonyl (C=O) groups excluding carboxylic acids is 1. The van der Waals surface area contributed by atoms with Gasteiger partial charge in [-0.1, -0.05) is 22.0 Å². The van der Waals surface area contributed by atoms with Crippen molar-refractivity contribution in [3.8, 4) is 5.88 Å². The van der Waals surface area contributed by atoms with Gasteiger partial charge >= 0.3 is 0 Å². The van der Waals surface area contributed by atoms with E-state index in [1.54, 1.807) is 13.3 Å². The van der Waals surface area contributed by atoms with Gasteiger partial charge < -0.3 is 15.4 Å². The fraction of sp³-hybridized carbons (Fsp3) is 0.200. The lowest BCUT2D eigenvalue weighted by molar-refractivity contribution is -0.115. The zero-order chi connectivity index (χ0) is 15.1. The third-order valence-electron chi connectivity index (χ3n) is 2.77. The van der Waals surface area contributed by atoms with Crippen LogP contribution >= 0.6 is 15.9 Å². The van der Waals surface area contributed by atoms with Gasteiger partial charge in [-0.05, 0) is 30.3 Å². The molecule has 0 saturated carbocycles. The van der Waals surface area contributed by atoms with Gasteiger partial charge in [0.2, 0.25) is 11.8 Å². The summed E-state index contributed by atoms with van der Waals surface area (Å²) in [5, 5.41) is 5.88. The number of nitrogens with zero attached hydrogens (tertiary/aromatic N) is 1. The minimum atomic E-state index is -0.0971. The number of aromatic nitrogens is 1. The van der Waals surface area contributed by atoms with Crippen LogP contribution < -0.4 is 15.4 Å². The molecule has 0 aliphatic rings. The van der Waals surface area contributed by atoms with Gasteiger partial charge in [0.15, 0.2) is 0 Å². The van der Waals surface area contributed by atoms with Crippen molar-refractivity contribution < 1.29 is 9.53 Å². The Bertz CT molecular complexity index is 602. The second-order valence-electron chi connectivity index (χ2n) is 4.33. The number of carbonyl (C=O) groups is 1. The summed E-state index contributed by atoms with van der Waals surface area (Å²) in [5.41, 5.74) is 1.68. The Morgan fingerprint density at radius 2 is 2.05 bits per heavy atom. The van der Waals surface area contributed by atoms with E-state index >= 15 is 0 Å². The van der Waals surface area contributed by atoms with E-state index in [-0.39, 0.29) is 12.5 Å². The largest absolute Gasteiger partial charge is 0.481 e. The number of ether oxygens (including phenoxy) is 1. The Hall–Kier alpha value is -1.92. The third-order valence-corrected chi connectivity index (χ3v) is 3.30. The average Bonchev–Trinajstić information content (AvgIpc) is 2.50. The lowest BCUT2D eigenvalue weighted by atomic mass is 10.2. The van der Waals surface area contributed by atoms with Crippen molar-refractivity contribution in [1.29, 1.82) is 0 Å². The van der Waals surface area contributed by atoms with Crippen molar-refractivity contribution in [3.05, 3.63) is 52.6 Å². The number of rotatable bonds is 6. The molecular weight excluding hydrogens is 334 g/mol. The topological polar surface area (TPSA) is 63.2 Å². The van der Waals surface area contributed by atoms with Crippen molar-refractivity contribution in [2.75, 3.05) is 19.0 Å². The molecule has 0 unspecified atom stereocenters. The van der Waals surface area contributed by atoms with E-state index in [0.29, 0.717) is 12.4 Å². The van der Waals surface area contributed by atoms with Crippen LogP contribution in [0.15, 0.2) is 47.1 Å². The standard InChI is InChI=1S/C15H16BrN3O2/c1-21-15-11(3-2-8-18-15)9-17-10-14(20)19-13-6-4-12(16)5-7-13/h2-8,17H,9-10H2,1H3,(H,19,20). The van der Waals surface area contributed by atoms with E-state index < -0.39 is 0 Å². The molecular formula is C15H16BrN3O2. The molecule has 2 aromatic rings. The number of hydrogen-bond acceptors (Lipinski definition) is 4. The summed E-state index contributed by atoms with van der Waals surface area (Å²) in [6.45, 7) is 0.735. The Morgan fingerprint density at radius 1 is 1.29 bits per heavy atom. The Balaban J connectivity index is 1.80. The SMILES string of the molecule is COc1ncccc1CNCC(=O)Nc1ccc(Br)cc1. The fourth-order valence-electron chi connectivity index (χ4n) is 1.79.